The van der Waals surface area contributed by atoms with Crippen LogP contribution in [0.15, 0.2) is 18.2 Å². The second-order valence-electron chi connectivity index (χ2n) is 7.04. The van der Waals surface area contributed by atoms with Crippen molar-refractivity contribution in [3.8, 4) is 11.5 Å². The van der Waals surface area contributed by atoms with Crippen LogP contribution in [0.5, 0.6) is 11.5 Å². The van der Waals surface area contributed by atoms with Crippen molar-refractivity contribution in [2.24, 2.45) is 11.8 Å². The lowest BCUT2D eigenvalue weighted by Gasteiger charge is -2.32. The van der Waals surface area contributed by atoms with Gasteiger partial charge in [-0.1, -0.05) is 0 Å². The SMILES string of the molecule is COc1cc(OC)cc(C(=O)N2CCC(C3CCN(C)CC3)C2)c1. The van der Waals surface area contributed by atoms with Crippen molar-refractivity contribution in [3.05, 3.63) is 23.8 Å². The summed E-state index contributed by atoms with van der Waals surface area (Å²) in [5.41, 5.74) is 0.648. The summed E-state index contributed by atoms with van der Waals surface area (Å²) in [6, 6.07) is 5.39. The molecule has 0 N–H and O–H groups in total. The predicted molar refractivity (Wildman–Crippen MR) is 93.8 cm³/mol. The summed E-state index contributed by atoms with van der Waals surface area (Å²) < 4.78 is 10.6. The summed E-state index contributed by atoms with van der Waals surface area (Å²) in [7, 11) is 5.40. The first-order chi connectivity index (χ1) is 11.6. The van der Waals surface area contributed by atoms with Crippen LogP contribution in [0.1, 0.15) is 29.6 Å². The number of likely N-dealkylation sites (tertiary alicyclic amines) is 2. The molecule has 0 aromatic heterocycles. The smallest absolute Gasteiger partial charge is 0.254 e. The number of carbonyl (C=O) groups is 1. The molecule has 2 heterocycles. The molecule has 0 bridgehead atoms. The molecule has 132 valence electrons. The predicted octanol–water partition coefficient (Wildman–Crippen LogP) is 2.51. The summed E-state index contributed by atoms with van der Waals surface area (Å²) in [6.45, 7) is 4.10. The molecule has 1 atom stereocenters. The third-order valence-electron chi connectivity index (χ3n) is 5.54. The minimum Gasteiger partial charge on any atom is -0.497 e. The molecule has 2 aliphatic rings. The number of piperidine rings is 1. The van der Waals surface area contributed by atoms with Gasteiger partial charge < -0.3 is 19.3 Å². The van der Waals surface area contributed by atoms with E-state index in [-0.39, 0.29) is 5.91 Å². The van der Waals surface area contributed by atoms with Gasteiger partial charge in [-0.2, -0.15) is 0 Å². The number of amides is 1. The van der Waals surface area contributed by atoms with E-state index in [1.807, 2.05) is 4.90 Å². The number of hydrogen-bond acceptors (Lipinski definition) is 4. The molecule has 5 nitrogen and oxygen atoms in total. The zero-order chi connectivity index (χ0) is 17.1. The Morgan fingerprint density at radius 2 is 1.54 bits per heavy atom. The van der Waals surface area contributed by atoms with E-state index in [0.717, 1.165) is 25.4 Å². The number of carbonyl (C=O) groups excluding carboxylic acids is 1. The van der Waals surface area contributed by atoms with Gasteiger partial charge in [0.05, 0.1) is 14.2 Å². The summed E-state index contributed by atoms with van der Waals surface area (Å²) in [5.74, 6) is 2.81. The van der Waals surface area contributed by atoms with E-state index < -0.39 is 0 Å². The first kappa shape index (κ1) is 17.1. The molecule has 3 rings (SSSR count). The van der Waals surface area contributed by atoms with Gasteiger partial charge in [0, 0.05) is 24.7 Å². The highest BCUT2D eigenvalue weighted by Crippen LogP contribution is 2.32. The summed E-state index contributed by atoms with van der Waals surface area (Å²) in [5, 5.41) is 0. The van der Waals surface area contributed by atoms with Gasteiger partial charge in [0.2, 0.25) is 0 Å². The Labute approximate surface area is 144 Å². The number of nitrogens with zero attached hydrogens (tertiary/aromatic N) is 2. The van der Waals surface area contributed by atoms with E-state index in [1.165, 1.54) is 25.9 Å². The van der Waals surface area contributed by atoms with Crippen LogP contribution in [-0.4, -0.2) is 63.2 Å². The van der Waals surface area contributed by atoms with Gasteiger partial charge in [0.25, 0.3) is 5.91 Å². The van der Waals surface area contributed by atoms with Gasteiger partial charge in [-0.25, -0.2) is 0 Å². The van der Waals surface area contributed by atoms with Gasteiger partial charge in [0.1, 0.15) is 11.5 Å². The summed E-state index contributed by atoms with van der Waals surface area (Å²) >= 11 is 0. The Balaban J connectivity index is 1.66. The van der Waals surface area contributed by atoms with Gasteiger partial charge in [-0.15, -0.1) is 0 Å². The zero-order valence-electron chi connectivity index (χ0n) is 15.0. The van der Waals surface area contributed by atoms with E-state index in [0.29, 0.717) is 23.0 Å². The van der Waals surface area contributed by atoms with E-state index in [4.69, 9.17) is 9.47 Å². The van der Waals surface area contributed by atoms with Crippen molar-refractivity contribution >= 4 is 5.91 Å². The largest absolute Gasteiger partial charge is 0.497 e. The van der Waals surface area contributed by atoms with E-state index in [9.17, 15) is 4.79 Å². The van der Waals surface area contributed by atoms with Crippen LogP contribution in [-0.2, 0) is 0 Å². The number of hydrogen-bond donors (Lipinski definition) is 0. The molecule has 2 saturated heterocycles. The maximum Gasteiger partial charge on any atom is 0.254 e. The molecule has 0 saturated carbocycles. The van der Waals surface area contributed by atoms with Crippen molar-refractivity contribution in [3.63, 3.8) is 0 Å². The summed E-state index contributed by atoms with van der Waals surface area (Å²) in [6.07, 6.45) is 3.65. The Morgan fingerprint density at radius 3 is 2.12 bits per heavy atom. The van der Waals surface area contributed by atoms with Crippen molar-refractivity contribution in [2.45, 2.75) is 19.3 Å². The minimum absolute atomic E-state index is 0.0858. The monoisotopic (exact) mass is 332 g/mol. The maximum atomic E-state index is 12.9. The van der Waals surface area contributed by atoms with Crippen molar-refractivity contribution in [1.29, 1.82) is 0 Å². The minimum atomic E-state index is 0.0858. The molecule has 1 unspecified atom stereocenters. The van der Waals surface area contributed by atoms with Gasteiger partial charge >= 0.3 is 0 Å². The molecular weight excluding hydrogens is 304 g/mol. The van der Waals surface area contributed by atoms with E-state index in [2.05, 4.69) is 11.9 Å². The van der Waals surface area contributed by atoms with Crippen LogP contribution < -0.4 is 9.47 Å². The highest BCUT2D eigenvalue weighted by Gasteiger charge is 2.33. The Hall–Kier alpha value is -1.75. The molecular formula is C19H28N2O3. The molecule has 1 aromatic rings. The van der Waals surface area contributed by atoms with Crippen molar-refractivity contribution in [2.75, 3.05) is 47.4 Å². The molecule has 0 spiro atoms. The third-order valence-corrected chi connectivity index (χ3v) is 5.54. The van der Waals surface area contributed by atoms with Gasteiger partial charge in [-0.05, 0) is 63.4 Å². The maximum absolute atomic E-state index is 12.9. The average Bonchev–Trinajstić information content (AvgIpc) is 3.11. The highest BCUT2D eigenvalue weighted by molar-refractivity contribution is 5.95. The van der Waals surface area contributed by atoms with Gasteiger partial charge in [-0.3, -0.25) is 4.79 Å². The van der Waals surface area contributed by atoms with E-state index in [1.54, 1.807) is 32.4 Å². The fraction of sp³-hybridized carbons (Fsp3) is 0.632. The van der Waals surface area contributed by atoms with Crippen LogP contribution in [0.3, 0.4) is 0 Å². The number of methoxy groups -OCH3 is 2. The summed E-state index contributed by atoms with van der Waals surface area (Å²) in [4.78, 5) is 17.3. The molecule has 2 aliphatic heterocycles. The Bertz CT molecular complexity index is 560. The second-order valence-corrected chi connectivity index (χ2v) is 7.04. The van der Waals surface area contributed by atoms with Crippen LogP contribution in [0.4, 0.5) is 0 Å². The highest BCUT2D eigenvalue weighted by atomic mass is 16.5. The Kier molecular flexibility index (Phi) is 5.29. The molecule has 0 aliphatic carbocycles. The van der Waals surface area contributed by atoms with Crippen LogP contribution in [0.2, 0.25) is 0 Å². The fourth-order valence-electron chi connectivity index (χ4n) is 3.97. The molecule has 24 heavy (non-hydrogen) atoms. The molecule has 2 fully saturated rings. The normalized spacial score (nSPS) is 22.6. The molecule has 5 heteroatoms. The lowest BCUT2D eigenvalue weighted by Crippen LogP contribution is -2.35. The number of benzene rings is 1. The lowest BCUT2D eigenvalue weighted by molar-refractivity contribution is 0.0775. The topological polar surface area (TPSA) is 42.0 Å². The second kappa shape index (κ2) is 7.43. The fourth-order valence-corrected chi connectivity index (χ4v) is 3.97. The van der Waals surface area contributed by atoms with Crippen LogP contribution >= 0.6 is 0 Å². The first-order valence-electron chi connectivity index (χ1n) is 8.81. The average molecular weight is 332 g/mol. The van der Waals surface area contributed by atoms with Gasteiger partial charge in [0.15, 0.2) is 0 Å². The third kappa shape index (κ3) is 3.66. The standard InChI is InChI=1S/C19H28N2O3/c1-20-7-4-14(5-8-20)15-6-9-21(13-15)19(22)16-10-17(23-2)12-18(11-16)24-3/h10-12,14-15H,4-9,13H2,1-3H3. The lowest BCUT2D eigenvalue weighted by atomic mass is 9.84. The van der Waals surface area contributed by atoms with Crippen LogP contribution in [0.25, 0.3) is 0 Å². The number of ether oxygens (including phenoxy) is 2. The number of rotatable bonds is 4. The quantitative estimate of drug-likeness (QED) is 0.850. The molecule has 1 amide bonds. The molecule has 0 radical (unpaired) electrons. The van der Waals surface area contributed by atoms with Crippen molar-refractivity contribution < 1.29 is 14.3 Å². The first-order valence-corrected chi connectivity index (χ1v) is 8.81. The van der Waals surface area contributed by atoms with E-state index >= 15 is 0 Å². The Morgan fingerprint density at radius 1 is 0.958 bits per heavy atom. The zero-order valence-corrected chi connectivity index (χ0v) is 15.0. The molecule has 1 aromatic carbocycles. The van der Waals surface area contributed by atoms with Crippen molar-refractivity contribution in [1.82, 2.24) is 9.80 Å². The van der Waals surface area contributed by atoms with Crippen LogP contribution in [0, 0.1) is 11.8 Å².